The number of amides is 1. The molecule has 128 valence electrons. The zero-order chi connectivity index (χ0) is 17.5. The van der Waals surface area contributed by atoms with Gasteiger partial charge in [-0.25, -0.2) is 9.97 Å². The van der Waals surface area contributed by atoms with Gasteiger partial charge >= 0.3 is 0 Å². The summed E-state index contributed by atoms with van der Waals surface area (Å²) in [5.74, 6) is 1.17. The van der Waals surface area contributed by atoms with Gasteiger partial charge < -0.3 is 15.0 Å². The van der Waals surface area contributed by atoms with Crippen molar-refractivity contribution < 1.29 is 9.53 Å². The fourth-order valence-corrected chi connectivity index (χ4v) is 2.29. The smallest absolute Gasteiger partial charge is 0.272 e. The molecule has 0 aliphatic carbocycles. The van der Waals surface area contributed by atoms with Crippen LogP contribution in [0.4, 0.5) is 11.5 Å². The van der Waals surface area contributed by atoms with Crippen molar-refractivity contribution in [3.8, 4) is 5.75 Å². The zero-order valence-electron chi connectivity index (χ0n) is 14.7. The van der Waals surface area contributed by atoms with E-state index in [9.17, 15) is 4.79 Å². The maximum Gasteiger partial charge on any atom is 0.272 e. The van der Waals surface area contributed by atoms with E-state index >= 15 is 0 Å². The Kier molecular flexibility index (Phi) is 6.12. The molecule has 0 unspecified atom stereocenters. The second-order valence-electron chi connectivity index (χ2n) is 5.70. The van der Waals surface area contributed by atoms with Crippen molar-refractivity contribution in [2.45, 2.75) is 26.7 Å². The number of methoxy groups -OCH3 is 1. The van der Waals surface area contributed by atoms with Crippen molar-refractivity contribution >= 4 is 17.4 Å². The monoisotopic (exact) mass is 328 g/mol. The van der Waals surface area contributed by atoms with Crippen LogP contribution >= 0.6 is 0 Å². The Bertz CT molecular complexity index is 703. The molecule has 1 N–H and O–H groups in total. The van der Waals surface area contributed by atoms with Crippen molar-refractivity contribution in [3.63, 3.8) is 0 Å². The number of unbranched alkanes of at least 4 members (excludes halogenated alkanes) is 1. The Labute approximate surface area is 142 Å². The van der Waals surface area contributed by atoms with Crippen LogP contribution in [0.3, 0.4) is 0 Å². The normalized spacial score (nSPS) is 10.3. The lowest BCUT2D eigenvalue weighted by molar-refractivity contribution is 0.0787. The van der Waals surface area contributed by atoms with Gasteiger partial charge in [0, 0.05) is 19.7 Å². The van der Waals surface area contributed by atoms with Gasteiger partial charge in [-0.1, -0.05) is 19.4 Å². The molecule has 0 saturated heterocycles. The van der Waals surface area contributed by atoms with E-state index < -0.39 is 0 Å². The van der Waals surface area contributed by atoms with E-state index in [2.05, 4.69) is 22.2 Å². The molecule has 6 nitrogen and oxygen atoms in total. The molecule has 0 bridgehead atoms. The third kappa shape index (κ3) is 4.44. The van der Waals surface area contributed by atoms with Crippen LogP contribution in [0, 0.1) is 6.92 Å². The van der Waals surface area contributed by atoms with Crippen molar-refractivity contribution in [2.75, 3.05) is 26.0 Å². The lowest BCUT2D eigenvalue weighted by Crippen LogP contribution is -2.28. The molecule has 1 amide bonds. The summed E-state index contributed by atoms with van der Waals surface area (Å²) in [6.07, 6.45) is 3.41. The van der Waals surface area contributed by atoms with E-state index in [0.29, 0.717) is 23.8 Å². The number of rotatable bonds is 7. The number of benzene rings is 1. The van der Waals surface area contributed by atoms with Gasteiger partial charge in [-0.2, -0.15) is 0 Å². The molecule has 0 atom stereocenters. The fourth-order valence-electron chi connectivity index (χ4n) is 2.29. The largest absolute Gasteiger partial charge is 0.495 e. The molecule has 0 spiro atoms. The first kappa shape index (κ1) is 17.7. The van der Waals surface area contributed by atoms with E-state index in [4.69, 9.17) is 4.74 Å². The molecule has 0 radical (unpaired) electrons. The first-order chi connectivity index (χ1) is 11.5. The molecule has 0 fully saturated rings. The second kappa shape index (κ2) is 8.29. The molecule has 2 rings (SSSR count). The summed E-state index contributed by atoms with van der Waals surface area (Å²) in [7, 11) is 3.41. The zero-order valence-corrected chi connectivity index (χ0v) is 14.7. The molecule has 2 aromatic rings. The molecule has 0 aliphatic heterocycles. The van der Waals surface area contributed by atoms with Crippen LogP contribution in [0.1, 0.15) is 35.8 Å². The standard InChI is InChI=1S/C18H24N4O2/c1-5-6-9-22(3)18(23)15-11-17(20-12-19-15)21-14-10-13(2)7-8-16(14)24-4/h7-8,10-12H,5-6,9H2,1-4H3,(H,19,20,21). The molecule has 24 heavy (non-hydrogen) atoms. The quantitative estimate of drug-likeness (QED) is 0.843. The van der Waals surface area contributed by atoms with Crippen molar-refractivity contribution in [1.82, 2.24) is 14.9 Å². The predicted molar refractivity (Wildman–Crippen MR) is 94.9 cm³/mol. The van der Waals surface area contributed by atoms with Crippen molar-refractivity contribution in [1.29, 1.82) is 0 Å². The van der Waals surface area contributed by atoms with Crippen LogP contribution in [0.25, 0.3) is 0 Å². The van der Waals surface area contributed by atoms with E-state index in [1.54, 1.807) is 25.1 Å². The minimum Gasteiger partial charge on any atom is -0.495 e. The Hall–Kier alpha value is -2.63. The minimum atomic E-state index is -0.106. The SMILES string of the molecule is CCCCN(C)C(=O)c1cc(Nc2cc(C)ccc2OC)ncn1. The maximum absolute atomic E-state index is 12.4. The molecule has 1 aromatic carbocycles. The number of aromatic nitrogens is 2. The molecule has 1 heterocycles. The molecular weight excluding hydrogens is 304 g/mol. The van der Waals surface area contributed by atoms with Gasteiger partial charge in [-0.3, -0.25) is 4.79 Å². The molecule has 6 heteroatoms. The van der Waals surface area contributed by atoms with E-state index in [1.165, 1.54) is 6.33 Å². The summed E-state index contributed by atoms with van der Waals surface area (Å²) in [5, 5.41) is 3.19. The number of aryl methyl sites for hydroxylation is 1. The predicted octanol–water partition coefficient (Wildman–Crippen LogP) is 3.41. The van der Waals surface area contributed by atoms with Crippen molar-refractivity contribution in [2.24, 2.45) is 0 Å². The summed E-state index contributed by atoms with van der Waals surface area (Å²) in [6.45, 7) is 4.82. The van der Waals surface area contributed by atoms with Crippen LogP contribution in [0.5, 0.6) is 5.75 Å². The van der Waals surface area contributed by atoms with E-state index in [-0.39, 0.29) is 5.91 Å². The third-order valence-corrected chi connectivity index (χ3v) is 3.70. The van der Waals surface area contributed by atoms with Crippen LogP contribution in [-0.4, -0.2) is 41.5 Å². The van der Waals surface area contributed by atoms with Gasteiger partial charge in [-0.15, -0.1) is 0 Å². The summed E-state index contributed by atoms with van der Waals surface area (Å²) in [4.78, 5) is 22.4. The average molecular weight is 328 g/mol. The highest BCUT2D eigenvalue weighted by molar-refractivity contribution is 5.92. The first-order valence-corrected chi connectivity index (χ1v) is 8.04. The van der Waals surface area contributed by atoms with Gasteiger partial charge in [0.15, 0.2) is 0 Å². The number of ether oxygens (including phenoxy) is 1. The average Bonchev–Trinajstić information content (AvgIpc) is 2.59. The highest BCUT2D eigenvalue weighted by atomic mass is 16.5. The Morgan fingerprint density at radius 1 is 1.29 bits per heavy atom. The number of anilines is 2. The third-order valence-electron chi connectivity index (χ3n) is 3.70. The number of hydrogen-bond donors (Lipinski definition) is 1. The topological polar surface area (TPSA) is 67.4 Å². The second-order valence-corrected chi connectivity index (χ2v) is 5.70. The van der Waals surface area contributed by atoms with Gasteiger partial charge in [-0.05, 0) is 31.0 Å². The van der Waals surface area contributed by atoms with Crippen LogP contribution in [-0.2, 0) is 0 Å². The highest BCUT2D eigenvalue weighted by Crippen LogP contribution is 2.27. The minimum absolute atomic E-state index is 0.106. The van der Waals surface area contributed by atoms with Gasteiger partial charge in [0.05, 0.1) is 12.8 Å². The van der Waals surface area contributed by atoms with Crippen molar-refractivity contribution in [3.05, 3.63) is 41.9 Å². The van der Waals surface area contributed by atoms with Crippen LogP contribution < -0.4 is 10.1 Å². The Balaban J connectivity index is 2.19. The summed E-state index contributed by atoms with van der Waals surface area (Å²) < 4.78 is 5.35. The lowest BCUT2D eigenvalue weighted by Gasteiger charge is -2.16. The van der Waals surface area contributed by atoms with Gasteiger partial charge in [0.2, 0.25) is 0 Å². The number of nitrogens with zero attached hydrogens (tertiary/aromatic N) is 3. The lowest BCUT2D eigenvalue weighted by atomic mass is 10.2. The van der Waals surface area contributed by atoms with Gasteiger partial charge in [0.1, 0.15) is 23.6 Å². The Morgan fingerprint density at radius 3 is 2.79 bits per heavy atom. The molecule has 1 aromatic heterocycles. The summed E-state index contributed by atoms with van der Waals surface area (Å²) in [6, 6.07) is 7.49. The first-order valence-electron chi connectivity index (χ1n) is 8.04. The number of carbonyl (C=O) groups is 1. The van der Waals surface area contributed by atoms with Gasteiger partial charge in [0.25, 0.3) is 5.91 Å². The molecule has 0 saturated carbocycles. The van der Waals surface area contributed by atoms with Crippen LogP contribution in [0.2, 0.25) is 0 Å². The highest BCUT2D eigenvalue weighted by Gasteiger charge is 2.14. The Morgan fingerprint density at radius 2 is 2.08 bits per heavy atom. The fraction of sp³-hybridized carbons (Fsp3) is 0.389. The summed E-state index contributed by atoms with van der Waals surface area (Å²) >= 11 is 0. The molecular formula is C18H24N4O2. The number of hydrogen-bond acceptors (Lipinski definition) is 5. The molecule has 0 aliphatic rings. The van der Waals surface area contributed by atoms with E-state index in [0.717, 1.165) is 24.1 Å². The van der Waals surface area contributed by atoms with E-state index in [1.807, 2.05) is 25.1 Å². The summed E-state index contributed by atoms with van der Waals surface area (Å²) in [5.41, 5.74) is 2.27. The maximum atomic E-state index is 12.4. The van der Waals surface area contributed by atoms with Crippen LogP contribution in [0.15, 0.2) is 30.6 Å². The number of nitrogens with one attached hydrogen (secondary N) is 1. The number of carbonyl (C=O) groups excluding carboxylic acids is 1.